The number of anilines is 1. The van der Waals surface area contributed by atoms with Crippen LogP contribution in [0.25, 0.3) is 0 Å². The molecule has 13 heteroatoms. The number of piperidine rings is 2. The summed E-state index contributed by atoms with van der Waals surface area (Å²) >= 11 is 0. The number of carbonyl (C=O) groups is 1. The number of benzene rings is 1. The second-order valence-electron chi connectivity index (χ2n) is 10.4. The highest BCUT2D eigenvalue weighted by Crippen LogP contribution is 2.31. The fraction of sp³-hybridized carbons (Fsp3) is 0.519. The van der Waals surface area contributed by atoms with Crippen LogP contribution in [0.4, 0.5) is 19.5 Å². The van der Waals surface area contributed by atoms with E-state index in [1.165, 1.54) is 6.07 Å². The first-order chi connectivity index (χ1) is 19.3. The van der Waals surface area contributed by atoms with Crippen LogP contribution in [0, 0.1) is 11.6 Å². The first-order valence-electron chi connectivity index (χ1n) is 13.4. The van der Waals surface area contributed by atoms with Gasteiger partial charge in [0.05, 0.1) is 18.5 Å². The van der Waals surface area contributed by atoms with Gasteiger partial charge < -0.3 is 29.5 Å². The lowest BCUT2D eigenvalue weighted by molar-refractivity contribution is 0.0688. The normalized spacial score (nSPS) is 20.1. The molecule has 0 spiro atoms. The fourth-order valence-electron chi connectivity index (χ4n) is 5.13. The molecule has 2 aliphatic rings. The summed E-state index contributed by atoms with van der Waals surface area (Å²) in [6.07, 6.45) is 4.65. The Labute approximate surface area is 230 Å². The van der Waals surface area contributed by atoms with E-state index in [1.54, 1.807) is 17.3 Å². The molecule has 0 radical (unpaired) electrons. The molecule has 2 aromatic heterocycles. The SMILES string of the molecule is CC(C)OC(=O)N1CCC(c2noc(COc3cnc(N4CC[C@H](c5cc(F)ccc5F)[C@@H](N)C4)nc3)n2)CC1. The van der Waals surface area contributed by atoms with Crippen molar-refractivity contribution in [2.75, 3.05) is 31.1 Å². The average Bonchev–Trinajstić information content (AvgIpc) is 3.42. The Bertz CT molecular complexity index is 1300. The van der Waals surface area contributed by atoms with Gasteiger partial charge in [0.2, 0.25) is 5.95 Å². The Morgan fingerprint density at radius 1 is 1.15 bits per heavy atom. The van der Waals surface area contributed by atoms with E-state index in [4.69, 9.17) is 19.7 Å². The lowest BCUT2D eigenvalue weighted by Crippen LogP contribution is -2.48. The molecule has 2 fully saturated rings. The van der Waals surface area contributed by atoms with Gasteiger partial charge in [-0.2, -0.15) is 4.98 Å². The van der Waals surface area contributed by atoms with Crippen LogP contribution in [0.15, 0.2) is 35.1 Å². The summed E-state index contributed by atoms with van der Waals surface area (Å²) in [4.78, 5) is 28.9. The number of nitrogens with zero attached hydrogens (tertiary/aromatic N) is 6. The predicted octanol–water partition coefficient (Wildman–Crippen LogP) is 3.76. The van der Waals surface area contributed by atoms with Crippen molar-refractivity contribution in [1.82, 2.24) is 25.0 Å². The number of hydrogen-bond acceptors (Lipinski definition) is 10. The second-order valence-corrected chi connectivity index (χ2v) is 10.4. The largest absolute Gasteiger partial charge is 0.481 e. The zero-order chi connectivity index (χ0) is 28.2. The summed E-state index contributed by atoms with van der Waals surface area (Å²) in [5.74, 6) is 0.714. The molecule has 2 atom stereocenters. The van der Waals surface area contributed by atoms with Gasteiger partial charge >= 0.3 is 6.09 Å². The van der Waals surface area contributed by atoms with Crippen molar-refractivity contribution < 1.29 is 27.6 Å². The van der Waals surface area contributed by atoms with E-state index in [2.05, 4.69) is 20.1 Å². The molecule has 2 saturated heterocycles. The van der Waals surface area contributed by atoms with E-state index >= 15 is 0 Å². The number of aromatic nitrogens is 4. The van der Waals surface area contributed by atoms with Crippen LogP contribution in [0.2, 0.25) is 0 Å². The molecule has 2 N–H and O–H groups in total. The van der Waals surface area contributed by atoms with Crippen LogP contribution in [-0.2, 0) is 11.3 Å². The summed E-state index contributed by atoms with van der Waals surface area (Å²) in [6, 6.07) is 3.06. The number of nitrogens with two attached hydrogens (primary N) is 1. The molecule has 0 saturated carbocycles. The maximum Gasteiger partial charge on any atom is 0.410 e. The van der Waals surface area contributed by atoms with Crippen molar-refractivity contribution in [2.45, 2.75) is 63.7 Å². The lowest BCUT2D eigenvalue weighted by Gasteiger charge is -2.37. The van der Waals surface area contributed by atoms with Crippen molar-refractivity contribution in [3.05, 3.63) is 59.5 Å². The van der Waals surface area contributed by atoms with Crippen LogP contribution in [0.5, 0.6) is 5.75 Å². The van der Waals surface area contributed by atoms with Gasteiger partial charge in [0.1, 0.15) is 11.6 Å². The minimum atomic E-state index is -0.479. The van der Waals surface area contributed by atoms with E-state index in [0.717, 1.165) is 25.0 Å². The van der Waals surface area contributed by atoms with Gasteiger partial charge in [0.25, 0.3) is 5.89 Å². The number of amides is 1. The number of likely N-dealkylation sites (tertiary alicyclic amines) is 1. The minimum absolute atomic E-state index is 0.0603. The van der Waals surface area contributed by atoms with Crippen molar-refractivity contribution in [3.8, 4) is 5.75 Å². The Morgan fingerprint density at radius 2 is 1.90 bits per heavy atom. The van der Waals surface area contributed by atoms with Gasteiger partial charge in [-0.15, -0.1) is 0 Å². The van der Waals surface area contributed by atoms with Crippen LogP contribution in [0.3, 0.4) is 0 Å². The molecule has 0 unspecified atom stereocenters. The molecule has 5 rings (SSSR count). The molecule has 1 aromatic carbocycles. The number of carbonyl (C=O) groups excluding carboxylic acids is 1. The van der Waals surface area contributed by atoms with Crippen LogP contribution >= 0.6 is 0 Å². The molecular formula is C27H33F2N7O4. The average molecular weight is 558 g/mol. The molecule has 3 aromatic rings. The van der Waals surface area contributed by atoms with Crippen molar-refractivity contribution >= 4 is 12.0 Å². The highest BCUT2D eigenvalue weighted by Gasteiger charge is 2.31. The Kier molecular flexibility index (Phi) is 8.38. The number of hydrogen-bond donors (Lipinski definition) is 1. The monoisotopic (exact) mass is 557 g/mol. The Hall–Kier alpha value is -3.87. The third-order valence-corrected chi connectivity index (χ3v) is 7.21. The molecule has 0 aliphatic carbocycles. The van der Waals surface area contributed by atoms with Crippen LogP contribution in [0.1, 0.15) is 62.2 Å². The van der Waals surface area contributed by atoms with Crippen LogP contribution < -0.4 is 15.4 Å². The molecule has 214 valence electrons. The van der Waals surface area contributed by atoms with Crippen LogP contribution in [-0.4, -0.2) is 69.4 Å². The maximum atomic E-state index is 14.3. The van der Waals surface area contributed by atoms with Gasteiger partial charge in [-0.25, -0.2) is 23.5 Å². The zero-order valence-corrected chi connectivity index (χ0v) is 22.5. The second kappa shape index (κ2) is 12.1. The smallest absolute Gasteiger partial charge is 0.410 e. The molecule has 2 aliphatic heterocycles. The fourth-order valence-corrected chi connectivity index (χ4v) is 5.13. The Morgan fingerprint density at radius 3 is 2.60 bits per heavy atom. The Balaban J connectivity index is 1.10. The van der Waals surface area contributed by atoms with Gasteiger partial charge in [-0.3, -0.25) is 0 Å². The predicted molar refractivity (Wildman–Crippen MR) is 140 cm³/mol. The van der Waals surface area contributed by atoms with Crippen molar-refractivity contribution in [2.24, 2.45) is 5.73 Å². The van der Waals surface area contributed by atoms with E-state index in [0.29, 0.717) is 61.6 Å². The first kappa shape index (κ1) is 27.7. The first-order valence-corrected chi connectivity index (χ1v) is 13.4. The van der Waals surface area contributed by atoms with E-state index < -0.39 is 17.7 Å². The molecule has 40 heavy (non-hydrogen) atoms. The van der Waals surface area contributed by atoms with Crippen molar-refractivity contribution in [3.63, 3.8) is 0 Å². The van der Waals surface area contributed by atoms with Gasteiger partial charge in [-0.1, -0.05) is 5.16 Å². The number of ether oxygens (including phenoxy) is 2. The van der Waals surface area contributed by atoms with E-state index in [1.807, 2.05) is 18.7 Å². The number of halogens is 2. The number of rotatable bonds is 7. The standard InChI is InChI=1S/C27H33F2N7O4/c1-16(2)39-27(37)35-8-5-17(6-9-35)25-33-24(40-34-25)15-38-19-12-31-26(32-13-19)36-10-7-20(23(30)14-36)21-11-18(28)3-4-22(21)29/h3-4,11-13,16-17,20,23H,5-10,14-15,30H2,1-2H3/t20-,23+/m1/s1. The molecular weight excluding hydrogens is 524 g/mol. The quantitative estimate of drug-likeness (QED) is 0.458. The summed E-state index contributed by atoms with van der Waals surface area (Å²) in [7, 11) is 0. The third kappa shape index (κ3) is 6.46. The lowest BCUT2D eigenvalue weighted by atomic mass is 9.85. The zero-order valence-electron chi connectivity index (χ0n) is 22.5. The third-order valence-electron chi connectivity index (χ3n) is 7.21. The van der Waals surface area contributed by atoms with Gasteiger partial charge in [-0.05, 0) is 56.9 Å². The van der Waals surface area contributed by atoms with Gasteiger partial charge in [0, 0.05) is 44.1 Å². The topological polar surface area (TPSA) is 133 Å². The van der Waals surface area contributed by atoms with Gasteiger partial charge in [0.15, 0.2) is 18.2 Å². The summed E-state index contributed by atoms with van der Waals surface area (Å²) in [5, 5.41) is 4.10. The van der Waals surface area contributed by atoms with E-state index in [-0.39, 0.29) is 30.6 Å². The van der Waals surface area contributed by atoms with E-state index in [9.17, 15) is 13.6 Å². The summed E-state index contributed by atoms with van der Waals surface area (Å²) < 4.78 is 44.3. The summed E-state index contributed by atoms with van der Waals surface area (Å²) in [6.45, 7) is 5.82. The molecule has 0 bridgehead atoms. The maximum absolute atomic E-state index is 14.3. The molecule has 11 nitrogen and oxygen atoms in total. The highest BCUT2D eigenvalue weighted by atomic mass is 19.1. The minimum Gasteiger partial charge on any atom is -0.481 e. The highest BCUT2D eigenvalue weighted by molar-refractivity contribution is 5.67. The molecule has 4 heterocycles. The van der Waals surface area contributed by atoms with Crippen molar-refractivity contribution in [1.29, 1.82) is 0 Å². The summed E-state index contributed by atoms with van der Waals surface area (Å²) in [5.41, 5.74) is 6.64. The molecule has 1 amide bonds.